The van der Waals surface area contributed by atoms with E-state index in [1.54, 1.807) is 32.6 Å². The number of rotatable bonds is 9. The van der Waals surface area contributed by atoms with E-state index in [0.717, 1.165) is 23.5 Å². The molecule has 0 unspecified atom stereocenters. The van der Waals surface area contributed by atoms with Crippen LogP contribution in [0.3, 0.4) is 0 Å². The molecule has 3 atom stereocenters. The lowest BCUT2D eigenvalue weighted by Crippen LogP contribution is -2.55. The molecule has 39 heavy (non-hydrogen) atoms. The number of nitrogens with one attached hydrogen (secondary N) is 1. The SMILES string of the molecule is CCOC(=O)CO[C@H]1C[C@@H](C)N(C(=O)[C@@H](NC(=O)c2cc3cc(C(F)(F)P(=O)(O)O)ccc3s2)C(C)(C)C)C1. The monoisotopic (exact) mass is 590 g/mol. The van der Waals surface area contributed by atoms with E-state index in [1.807, 2.05) is 6.92 Å². The maximum absolute atomic E-state index is 14.2. The third kappa shape index (κ3) is 7.01. The molecule has 1 aliphatic rings. The number of ether oxygens (including phenoxy) is 2. The molecule has 0 saturated carbocycles. The molecular formula is C25H33F2N2O8PS. The number of carbonyl (C=O) groups is 3. The molecule has 3 rings (SSSR count). The van der Waals surface area contributed by atoms with Crippen LogP contribution < -0.4 is 5.32 Å². The van der Waals surface area contributed by atoms with Crippen molar-refractivity contribution in [2.24, 2.45) is 5.41 Å². The van der Waals surface area contributed by atoms with Gasteiger partial charge in [0.2, 0.25) is 5.91 Å². The summed E-state index contributed by atoms with van der Waals surface area (Å²) in [5, 5.41) is 2.99. The molecule has 0 bridgehead atoms. The normalized spacial score (nSPS) is 19.3. The van der Waals surface area contributed by atoms with Gasteiger partial charge in [0.05, 0.1) is 17.6 Å². The summed E-state index contributed by atoms with van der Waals surface area (Å²) in [5.74, 6) is -1.40. The van der Waals surface area contributed by atoms with Gasteiger partial charge in [0.15, 0.2) is 0 Å². The van der Waals surface area contributed by atoms with Crippen molar-refractivity contribution in [3.8, 4) is 0 Å². The molecule has 0 radical (unpaired) electrons. The molecule has 0 spiro atoms. The van der Waals surface area contributed by atoms with Gasteiger partial charge < -0.3 is 29.5 Å². The van der Waals surface area contributed by atoms with Gasteiger partial charge in [-0.2, -0.15) is 8.78 Å². The first-order valence-corrected chi connectivity index (χ1v) is 14.7. The number of thiophene rings is 1. The minimum absolute atomic E-state index is 0.147. The summed E-state index contributed by atoms with van der Waals surface area (Å²) < 4.78 is 50.5. The Kier molecular flexibility index (Phi) is 9.23. The maximum atomic E-state index is 14.2. The highest BCUT2D eigenvalue weighted by Gasteiger charge is 2.50. The van der Waals surface area contributed by atoms with Crippen LogP contribution in [0.15, 0.2) is 24.3 Å². The average Bonchev–Trinajstić information content (AvgIpc) is 3.42. The highest BCUT2D eigenvalue weighted by Crippen LogP contribution is 2.59. The van der Waals surface area contributed by atoms with Crippen molar-refractivity contribution in [2.75, 3.05) is 19.8 Å². The van der Waals surface area contributed by atoms with Gasteiger partial charge in [0.25, 0.3) is 5.91 Å². The zero-order valence-electron chi connectivity index (χ0n) is 22.3. The summed E-state index contributed by atoms with van der Waals surface area (Å²) >= 11 is 1.00. The van der Waals surface area contributed by atoms with Gasteiger partial charge in [-0.1, -0.05) is 26.8 Å². The number of alkyl halides is 2. The van der Waals surface area contributed by atoms with Crippen LogP contribution in [-0.2, 0) is 29.3 Å². The molecule has 10 nitrogen and oxygen atoms in total. The largest absolute Gasteiger partial charge is 0.464 e. The average molecular weight is 591 g/mol. The highest BCUT2D eigenvalue weighted by atomic mass is 32.1. The molecule has 3 N–H and O–H groups in total. The molecule has 1 fully saturated rings. The molecule has 1 aromatic carbocycles. The molecule has 2 amide bonds. The Labute approximate surface area is 228 Å². The topological polar surface area (TPSA) is 142 Å². The molecule has 2 aromatic rings. The van der Waals surface area contributed by atoms with Crippen LogP contribution in [0.4, 0.5) is 8.78 Å². The molecule has 1 saturated heterocycles. The van der Waals surface area contributed by atoms with Crippen LogP contribution in [0.5, 0.6) is 0 Å². The fourth-order valence-electron chi connectivity index (χ4n) is 4.33. The molecule has 1 aromatic heterocycles. The van der Waals surface area contributed by atoms with Crippen molar-refractivity contribution < 1.29 is 47.0 Å². The number of amides is 2. The Morgan fingerprint density at radius 1 is 1.23 bits per heavy atom. The van der Waals surface area contributed by atoms with Crippen molar-refractivity contribution in [3.63, 3.8) is 0 Å². The van der Waals surface area contributed by atoms with E-state index in [1.165, 1.54) is 12.1 Å². The lowest BCUT2D eigenvalue weighted by atomic mass is 9.85. The summed E-state index contributed by atoms with van der Waals surface area (Å²) in [6.07, 6.45) is 0.140. The lowest BCUT2D eigenvalue weighted by Gasteiger charge is -2.35. The van der Waals surface area contributed by atoms with Crippen molar-refractivity contribution in [1.29, 1.82) is 0 Å². The molecule has 216 valence electrons. The number of halogens is 2. The van der Waals surface area contributed by atoms with E-state index < -0.39 is 42.2 Å². The van der Waals surface area contributed by atoms with Crippen LogP contribution in [0.25, 0.3) is 10.1 Å². The first-order valence-electron chi connectivity index (χ1n) is 12.3. The summed E-state index contributed by atoms with van der Waals surface area (Å²) in [4.78, 5) is 58.2. The van der Waals surface area contributed by atoms with Crippen LogP contribution in [-0.4, -0.2) is 70.4 Å². The highest BCUT2D eigenvalue weighted by molar-refractivity contribution is 7.52. The number of hydrogen-bond donors (Lipinski definition) is 3. The fourth-order valence-corrected chi connectivity index (χ4v) is 5.75. The lowest BCUT2D eigenvalue weighted by molar-refractivity contribution is -0.150. The minimum Gasteiger partial charge on any atom is -0.464 e. The number of fused-ring (bicyclic) bond motifs is 1. The van der Waals surface area contributed by atoms with E-state index in [0.29, 0.717) is 11.1 Å². The van der Waals surface area contributed by atoms with Gasteiger partial charge in [-0.15, -0.1) is 11.3 Å². The number of hydrogen-bond acceptors (Lipinski definition) is 7. The van der Waals surface area contributed by atoms with Crippen molar-refractivity contribution in [1.82, 2.24) is 10.2 Å². The maximum Gasteiger partial charge on any atom is 0.399 e. The number of carbonyl (C=O) groups excluding carboxylic acids is 3. The molecule has 0 aliphatic carbocycles. The number of esters is 1. The van der Waals surface area contributed by atoms with Crippen LogP contribution in [0.1, 0.15) is 56.3 Å². The number of benzene rings is 1. The van der Waals surface area contributed by atoms with Gasteiger partial charge in [0.1, 0.15) is 12.6 Å². The van der Waals surface area contributed by atoms with Gasteiger partial charge in [0, 0.05) is 22.8 Å². The second-order valence-electron chi connectivity index (χ2n) is 10.5. The second kappa shape index (κ2) is 11.6. The summed E-state index contributed by atoms with van der Waals surface area (Å²) in [6, 6.07) is 3.33. The van der Waals surface area contributed by atoms with Gasteiger partial charge in [-0.25, -0.2) is 4.79 Å². The smallest absolute Gasteiger partial charge is 0.399 e. The van der Waals surface area contributed by atoms with Gasteiger partial charge >= 0.3 is 19.2 Å². The molecule has 14 heteroatoms. The van der Waals surface area contributed by atoms with E-state index in [2.05, 4.69) is 5.32 Å². The van der Waals surface area contributed by atoms with Crippen molar-refractivity contribution >= 4 is 46.8 Å². The van der Waals surface area contributed by atoms with Crippen molar-refractivity contribution in [3.05, 3.63) is 34.7 Å². The Morgan fingerprint density at radius 3 is 2.49 bits per heavy atom. The number of nitrogens with zero attached hydrogens (tertiary/aromatic N) is 1. The molecule has 2 heterocycles. The Morgan fingerprint density at radius 2 is 1.90 bits per heavy atom. The molecular weight excluding hydrogens is 557 g/mol. The predicted molar refractivity (Wildman–Crippen MR) is 141 cm³/mol. The number of likely N-dealkylation sites (tertiary alicyclic amines) is 1. The third-order valence-corrected chi connectivity index (χ3v) is 8.51. The van der Waals surface area contributed by atoms with Crippen molar-refractivity contribution in [2.45, 2.75) is 64.9 Å². The van der Waals surface area contributed by atoms with Crippen LogP contribution in [0.2, 0.25) is 0 Å². The third-order valence-electron chi connectivity index (χ3n) is 6.40. The summed E-state index contributed by atoms with van der Waals surface area (Å²) in [5.41, 5.74) is -5.93. The first-order chi connectivity index (χ1) is 18.0. The van der Waals surface area contributed by atoms with E-state index in [-0.39, 0.29) is 48.1 Å². The Bertz CT molecular complexity index is 1290. The second-order valence-corrected chi connectivity index (χ2v) is 13.3. The summed E-state index contributed by atoms with van der Waals surface area (Å²) in [7, 11) is -5.75. The van der Waals surface area contributed by atoms with Crippen LogP contribution >= 0.6 is 18.9 Å². The fraction of sp³-hybridized carbons (Fsp3) is 0.560. The Balaban J connectivity index is 1.77. The zero-order valence-corrected chi connectivity index (χ0v) is 24.0. The van der Waals surface area contributed by atoms with Gasteiger partial charge in [-0.05, 0) is 49.3 Å². The van der Waals surface area contributed by atoms with Crippen LogP contribution in [0, 0.1) is 5.41 Å². The first kappa shape index (κ1) is 31.1. The zero-order chi connectivity index (χ0) is 29.3. The van der Waals surface area contributed by atoms with Gasteiger partial charge in [-0.3, -0.25) is 14.2 Å². The quantitative estimate of drug-likeness (QED) is 0.295. The van der Waals surface area contributed by atoms with E-state index in [4.69, 9.17) is 19.3 Å². The summed E-state index contributed by atoms with van der Waals surface area (Å²) in [6.45, 7) is 9.19. The van der Waals surface area contributed by atoms with E-state index >= 15 is 0 Å². The Hall–Kier alpha value is -2.44. The predicted octanol–water partition coefficient (Wildman–Crippen LogP) is 3.84. The minimum atomic E-state index is -5.75. The standard InChI is InChI=1S/C25H33F2N2O8PS/c1-6-36-20(30)13-37-17-9-14(2)29(12-17)23(32)21(24(3,4)5)28-22(31)19-11-15-10-16(7-8-18(15)39-19)25(26,27)38(33,34)35/h7-8,10-11,14,17,21H,6,9,12-13H2,1-5H3,(H,28,31)(H2,33,34,35)/t14-,17+,21-/m1/s1. The van der Waals surface area contributed by atoms with E-state index in [9.17, 15) is 27.7 Å². The molecule has 1 aliphatic heterocycles.